The minimum Gasteiger partial charge on any atom is -0.456 e. The molecule has 9 nitrogen and oxygen atoms in total. The van der Waals surface area contributed by atoms with Crippen LogP contribution in [0.3, 0.4) is 0 Å². The van der Waals surface area contributed by atoms with Crippen LogP contribution in [-0.4, -0.2) is 37.6 Å². The van der Waals surface area contributed by atoms with Crippen molar-refractivity contribution in [2.45, 2.75) is 46.8 Å². The number of aromatic amines is 1. The van der Waals surface area contributed by atoms with Gasteiger partial charge in [-0.3, -0.25) is 9.78 Å². The number of benzene rings is 2. The van der Waals surface area contributed by atoms with Crippen LogP contribution in [0.5, 0.6) is 0 Å². The maximum absolute atomic E-state index is 12.6. The molecule has 0 radical (unpaired) electrons. The van der Waals surface area contributed by atoms with Crippen LogP contribution in [0, 0.1) is 13.8 Å². The zero-order chi connectivity index (χ0) is 24.6. The van der Waals surface area contributed by atoms with Crippen LogP contribution in [0.2, 0.25) is 0 Å². The number of fused-ring (bicyclic) bond motifs is 2. The molecule has 4 rings (SSSR count). The number of nitrogens with one attached hydrogen (secondary N) is 2. The predicted octanol–water partition coefficient (Wildman–Crippen LogP) is 3.27. The fraction of sp³-hybridized carbons (Fsp3) is 0.320. The molecule has 2 aliphatic heterocycles. The number of esters is 1. The van der Waals surface area contributed by atoms with E-state index in [2.05, 4.69) is 20.3 Å². The van der Waals surface area contributed by atoms with Gasteiger partial charge in [0.1, 0.15) is 5.60 Å². The number of anilines is 1. The van der Waals surface area contributed by atoms with Gasteiger partial charge in [0, 0.05) is 18.8 Å². The Balaban J connectivity index is 1.71. The highest BCUT2D eigenvalue weighted by molar-refractivity contribution is 5.95. The first-order chi connectivity index (χ1) is 16.0. The maximum Gasteiger partial charge on any atom is 0.349 e. The topological polar surface area (TPSA) is 119 Å². The fourth-order valence-electron chi connectivity index (χ4n) is 3.73. The van der Waals surface area contributed by atoms with Gasteiger partial charge in [0.25, 0.3) is 5.56 Å². The van der Waals surface area contributed by atoms with Gasteiger partial charge in [0.2, 0.25) is 0 Å². The third-order valence-corrected chi connectivity index (χ3v) is 5.42. The predicted molar refractivity (Wildman–Crippen MR) is 131 cm³/mol. The summed E-state index contributed by atoms with van der Waals surface area (Å²) in [5.74, 6) is -0.204. The summed E-state index contributed by atoms with van der Waals surface area (Å²) in [6, 6.07) is 11.0. The van der Waals surface area contributed by atoms with Gasteiger partial charge in [0.15, 0.2) is 11.5 Å². The third-order valence-electron chi connectivity index (χ3n) is 5.42. The van der Waals surface area contributed by atoms with Gasteiger partial charge in [-0.05, 0) is 70.0 Å². The number of hydrogen-bond donors (Lipinski definition) is 2. The van der Waals surface area contributed by atoms with E-state index in [1.54, 1.807) is 18.2 Å². The van der Waals surface area contributed by atoms with Crippen molar-refractivity contribution in [3.63, 3.8) is 0 Å². The van der Waals surface area contributed by atoms with E-state index in [9.17, 15) is 14.4 Å². The zero-order valence-electron chi connectivity index (χ0n) is 19.9. The Labute approximate surface area is 196 Å². The minimum absolute atomic E-state index is 0.101. The van der Waals surface area contributed by atoms with Crippen molar-refractivity contribution in [1.29, 1.82) is 0 Å². The molecule has 0 aliphatic carbocycles. The maximum atomic E-state index is 12.6. The summed E-state index contributed by atoms with van der Waals surface area (Å²) in [4.78, 5) is 47.8. The average Bonchev–Trinajstić information content (AvgIpc) is 2.74. The molecular weight excluding hydrogens is 434 g/mol. The second-order valence-corrected chi connectivity index (χ2v) is 9.21. The first kappa shape index (κ1) is 23.2. The van der Waals surface area contributed by atoms with Gasteiger partial charge >= 0.3 is 11.7 Å². The Kier molecular flexibility index (Phi) is 5.95. The molecule has 34 heavy (non-hydrogen) atoms. The quantitative estimate of drug-likeness (QED) is 0.346. The summed E-state index contributed by atoms with van der Waals surface area (Å²) in [7, 11) is 0. The lowest BCUT2D eigenvalue weighted by Gasteiger charge is -2.21. The largest absolute Gasteiger partial charge is 0.456 e. The van der Waals surface area contributed by atoms with Crippen molar-refractivity contribution in [2.24, 2.45) is 0 Å². The van der Waals surface area contributed by atoms with Crippen LogP contribution in [0.4, 0.5) is 5.69 Å². The molecule has 0 saturated heterocycles. The lowest BCUT2D eigenvalue weighted by atomic mass is 10.1. The number of ether oxygens (including phenoxy) is 1. The van der Waals surface area contributed by atoms with E-state index in [1.165, 1.54) is 0 Å². The smallest absolute Gasteiger partial charge is 0.349 e. The van der Waals surface area contributed by atoms with E-state index < -0.39 is 22.8 Å². The van der Waals surface area contributed by atoms with Crippen molar-refractivity contribution in [3.05, 3.63) is 73.9 Å². The lowest BCUT2D eigenvalue weighted by Crippen LogP contribution is -2.29. The average molecular weight is 462 g/mol. The van der Waals surface area contributed by atoms with E-state index >= 15 is 0 Å². The van der Waals surface area contributed by atoms with E-state index in [4.69, 9.17) is 4.74 Å². The molecule has 2 aromatic carbocycles. The molecule has 0 atom stereocenters. The van der Waals surface area contributed by atoms with Crippen LogP contribution in [0.15, 0.2) is 46.0 Å². The van der Waals surface area contributed by atoms with E-state index in [1.807, 2.05) is 57.4 Å². The molecule has 0 spiro atoms. The molecule has 2 N–H and O–H groups in total. The number of carbonyl (C=O) groups excluding carboxylic acids is 1. The Morgan fingerprint density at radius 1 is 1.09 bits per heavy atom. The number of aromatic nitrogens is 4. The number of aryl methyl sites for hydroxylation is 2. The second-order valence-electron chi connectivity index (χ2n) is 9.21. The van der Waals surface area contributed by atoms with Gasteiger partial charge in [-0.15, -0.1) is 0 Å². The van der Waals surface area contributed by atoms with E-state index in [0.29, 0.717) is 29.9 Å². The summed E-state index contributed by atoms with van der Waals surface area (Å²) in [6.45, 7) is 10.2. The van der Waals surface area contributed by atoms with Crippen molar-refractivity contribution >= 4 is 22.7 Å². The molecule has 0 fully saturated rings. The molecule has 0 unspecified atom stereocenters. The zero-order valence-corrected chi connectivity index (χ0v) is 19.9. The standard InChI is InChI=1S/C25H27N5O4/c1-14-12-18-19(13-15(14)2)30(21-20(27-18)22(31)29-24(33)28-21)11-10-26-17-9-7-6-8-16(17)23(32)34-25(3,4)5/h6-9,12-13,26H,10-11H2,1-5H3,(H,29,31,33). The van der Waals surface area contributed by atoms with Gasteiger partial charge in [-0.25, -0.2) is 14.6 Å². The summed E-state index contributed by atoms with van der Waals surface area (Å²) in [6.07, 6.45) is 0. The van der Waals surface area contributed by atoms with E-state index in [-0.39, 0.29) is 11.5 Å². The molecule has 0 saturated carbocycles. The van der Waals surface area contributed by atoms with Gasteiger partial charge in [-0.1, -0.05) is 12.1 Å². The number of rotatable bonds is 5. The molecule has 0 aromatic heterocycles. The minimum atomic E-state index is -0.723. The number of nitrogens with zero attached hydrogens (tertiary/aromatic N) is 3. The SMILES string of the molecule is Cc1cc2nc3c(=O)[nH]c(=O)nc-3n(CCNc3ccccc3C(=O)OC(C)(C)C)c2cc1C. The van der Waals surface area contributed by atoms with Gasteiger partial charge in [0.05, 0.1) is 16.6 Å². The van der Waals surface area contributed by atoms with Crippen molar-refractivity contribution in [3.8, 4) is 11.5 Å². The van der Waals surface area contributed by atoms with Crippen molar-refractivity contribution < 1.29 is 9.53 Å². The number of carbonyl (C=O) groups is 1. The van der Waals surface area contributed by atoms with Crippen LogP contribution >= 0.6 is 0 Å². The van der Waals surface area contributed by atoms with Crippen LogP contribution in [0.1, 0.15) is 42.3 Å². The summed E-state index contributed by atoms with van der Waals surface area (Å²) < 4.78 is 7.33. The lowest BCUT2D eigenvalue weighted by molar-refractivity contribution is 0.00706. The van der Waals surface area contributed by atoms with Crippen molar-refractivity contribution in [1.82, 2.24) is 19.5 Å². The summed E-state index contributed by atoms with van der Waals surface area (Å²) in [5, 5.41) is 3.28. The van der Waals surface area contributed by atoms with Crippen LogP contribution in [0.25, 0.3) is 22.6 Å². The van der Waals surface area contributed by atoms with Gasteiger partial charge in [-0.2, -0.15) is 4.98 Å². The van der Waals surface area contributed by atoms with Crippen LogP contribution < -0.4 is 16.6 Å². The monoisotopic (exact) mass is 461 g/mol. The molecular formula is C25H27N5O4. The summed E-state index contributed by atoms with van der Waals surface area (Å²) >= 11 is 0. The Bertz CT molecular complexity index is 1480. The molecule has 2 aromatic rings. The highest BCUT2D eigenvalue weighted by Gasteiger charge is 2.21. The molecule has 9 heteroatoms. The van der Waals surface area contributed by atoms with E-state index in [0.717, 1.165) is 16.6 Å². The normalized spacial score (nSPS) is 11.7. The molecule has 0 amide bonds. The molecule has 176 valence electrons. The number of H-pyrrole nitrogens is 1. The molecule has 0 bridgehead atoms. The van der Waals surface area contributed by atoms with Crippen molar-refractivity contribution in [2.75, 3.05) is 11.9 Å². The fourth-order valence-corrected chi connectivity index (χ4v) is 3.73. The number of para-hydroxylation sites is 1. The highest BCUT2D eigenvalue weighted by Crippen LogP contribution is 2.24. The highest BCUT2D eigenvalue weighted by atomic mass is 16.6. The second kappa shape index (κ2) is 8.74. The molecule has 2 heterocycles. The molecule has 2 aliphatic rings. The first-order valence-corrected chi connectivity index (χ1v) is 11.0. The Hall–Kier alpha value is -4.01. The van der Waals surface area contributed by atoms with Gasteiger partial charge < -0.3 is 14.6 Å². The first-order valence-electron chi connectivity index (χ1n) is 11.0. The number of hydrogen-bond acceptors (Lipinski definition) is 7. The Morgan fingerprint density at radius 3 is 2.53 bits per heavy atom. The van der Waals surface area contributed by atoms with Crippen LogP contribution in [-0.2, 0) is 11.3 Å². The Morgan fingerprint density at radius 2 is 1.79 bits per heavy atom. The third kappa shape index (κ3) is 4.68. The summed E-state index contributed by atoms with van der Waals surface area (Å²) in [5.41, 5.74) is 2.73.